The zero-order chi connectivity index (χ0) is 14.3. The van der Waals surface area contributed by atoms with E-state index < -0.39 is 12.1 Å². The molecule has 0 aromatic rings. The van der Waals surface area contributed by atoms with Gasteiger partial charge in [0.15, 0.2) is 0 Å². The minimum atomic E-state index is -0.875. The fraction of sp³-hybridized carbons (Fsp3) is 0.800. The van der Waals surface area contributed by atoms with Crippen molar-refractivity contribution in [2.24, 2.45) is 5.92 Å². The van der Waals surface area contributed by atoms with Crippen LogP contribution in [-0.2, 0) is 4.79 Å². The standard InChI is InChI=1S/C15H26O4/c1-2-3-4-5-12(16)8-6-11-7-9-14(17)13(11)10-15(18)19/h7,12-14,16-17H,2-6,8-10H2,1H3,(H,18,19). The quantitative estimate of drug-likeness (QED) is 0.444. The van der Waals surface area contributed by atoms with Gasteiger partial charge in [-0.05, 0) is 25.7 Å². The Bertz CT molecular complexity index is 311. The second-order valence-electron chi connectivity index (χ2n) is 5.47. The maximum absolute atomic E-state index is 10.8. The lowest BCUT2D eigenvalue weighted by atomic mass is 9.91. The van der Waals surface area contributed by atoms with E-state index in [4.69, 9.17) is 5.11 Å². The summed E-state index contributed by atoms with van der Waals surface area (Å²) in [5, 5.41) is 28.5. The normalized spacial score (nSPS) is 24.3. The van der Waals surface area contributed by atoms with Gasteiger partial charge in [0.05, 0.1) is 18.6 Å². The highest BCUT2D eigenvalue weighted by Crippen LogP contribution is 2.32. The predicted molar refractivity (Wildman–Crippen MR) is 73.8 cm³/mol. The van der Waals surface area contributed by atoms with E-state index in [1.54, 1.807) is 0 Å². The number of carbonyl (C=O) groups is 1. The third-order valence-electron chi connectivity index (χ3n) is 3.86. The van der Waals surface area contributed by atoms with Gasteiger partial charge in [0.25, 0.3) is 0 Å². The molecule has 0 aromatic carbocycles. The second kappa shape index (κ2) is 8.33. The van der Waals surface area contributed by atoms with Crippen LogP contribution in [0.25, 0.3) is 0 Å². The molecule has 19 heavy (non-hydrogen) atoms. The molecule has 4 heteroatoms. The molecule has 0 saturated heterocycles. The fourth-order valence-corrected chi connectivity index (χ4v) is 2.69. The zero-order valence-corrected chi connectivity index (χ0v) is 11.7. The van der Waals surface area contributed by atoms with E-state index >= 15 is 0 Å². The first-order valence-electron chi connectivity index (χ1n) is 7.31. The molecule has 0 amide bonds. The van der Waals surface area contributed by atoms with Crippen molar-refractivity contribution >= 4 is 5.97 Å². The predicted octanol–water partition coefficient (Wildman–Crippen LogP) is 2.49. The van der Waals surface area contributed by atoms with Crippen LogP contribution in [0.15, 0.2) is 11.6 Å². The van der Waals surface area contributed by atoms with E-state index in [9.17, 15) is 15.0 Å². The van der Waals surface area contributed by atoms with Crippen molar-refractivity contribution in [3.63, 3.8) is 0 Å². The minimum Gasteiger partial charge on any atom is -0.481 e. The Balaban J connectivity index is 2.32. The number of carboxylic acid groups (broad SMARTS) is 1. The Kier molecular flexibility index (Phi) is 7.10. The van der Waals surface area contributed by atoms with Crippen LogP contribution in [0, 0.1) is 5.92 Å². The molecule has 0 aromatic heterocycles. The molecular weight excluding hydrogens is 244 g/mol. The highest BCUT2D eigenvalue weighted by Gasteiger charge is 2.29. The summed E-state index contributed by atoms with van der Waals surface area (Å²) in [4.78, 5) is 10.8. The summed E-state index contributed by atoms with van der Waals surface area (Å²) >= 11 is 0. The first kappa shape index (κ1) is 16.2. The molecule has 0 saturated carbocycles. The average molecular weight is 270 g/mol. The number of aliphatic hydroxyl groups is 2. The molecule has 0 heterocycles. The molecule has 1 rings (SSSR count). The Morgan fingerprint density at radius 1 is 1.42 bits per heavy atom. The van der Waals surface area contributed by atoms with Gasteiger partial charge < -0.3 is 15.3 Å². The summed E-state index contributed by atoms with van der Waals surface area (Å²) in [6.07, 6.45) is 7.09. The number of unbranched alkanes of at least 4 members (excludes halogenated alkanes) is 2. The van der Waals surface area contributed by atoms with Crippen molar-refractivity contribution in [2.75, 3.05) is 0 Å². The smallest absolute Gasteiger partial charge is 0.304 e. The van der Waals surface area contributed by atoms with E-state index in [2.05, 4.69) is 6.92 Å². The first-order chi connectivity index (χ1) is 9.04. The molecule has 0 bridgehead atoms. The topological polar surface area (TPSA) is 77.8 Å². The maximum atomic E-state index is 10.8. The van der Waals surface area contributed by atoms with Crippen molar-refractivity contribution in [2.45, 2.75) is 70.5 Å². The fourth-order valence-electron chi connectivity index (χ4n) is 2.69. The van der Waals surface area contributed by atoms with Gasteiger partial charge in [-0.2, -0.15) is 0 Å². The lowest BCUT2D eigenvalue weighted by molar-refractivity contribution is -0.138. The lowest BCUT2D eigenvalue weighted by Gasteiger charge is -2.18. The monoisotopic (exact) mass is 270 g/mol. The van der Waals surface area contributed by atoms with Gasteiger partial charge in [-0.15, -0.1) is 0 Å². The number of carboxylic acids is 1. The van der Waals surface area contributed by atoms with Crippen LogP contribution in [-0.4, -0.2) is 33.5 Å². The molecule has 0 aliphatic heterocycles. The molecule has 0 fully saturated rings. The highest BCUT2D eigenvalue weighted by molar-refractivity contribution is 5.67. The Hall–Kier alpha value is -0.870. The Morgan fingerprint density at radius 3 is 2.79 bits per heavy atom. The summed E-state index contributed by atoms with van der Waals surface area (Å²) < 4.78 is 0. The van der Waals surface area contributed by atoms with E-state index in [1.165, 1.54) is 0 Å². The number of rotatable bonds is 9. The van der Waals surface area contributed by atoms with Gasteiger partial charge in [-0.25, -0.2) is 0 Å². The second-order valence-corrected chi connectivity index (χ2v) is 5.47. The average Bonchev–Trinajstić information content (AvgIpc) is 2.68. The lowest BCUT2D eigenvalue weighted by Crippen LogP contribution is -2.20. The minimum absolute atomic E-state index is 0.0150. The van der Waals surface area contributed by atoms with Crippen LogP contribution in [0.2, 0.25) is 0 Å². The van der Waals surface area contributed by atoms with Crippen LogP contribution in [0.1, 0.15) is 58.3 Å². The summed E-state index contributed by atoms with van der Waals surface area (Å²) in [6, 6.07) is 0. The molecular formula is C15H26O4. The molecule has 0 radical (unpaired) electrons. The molecule has 1 aliphatic carbocycles. The molecule has 110 valence electrons. The molecule has 4 nitrogen and oxygen atoms in total. The van der Waals surface area contributed by atoms with Gasteiger partial charge >= 0.3 is 5.97 Å². The van der Waals surface area contributed by atoms with Gasteiger partial charge in [-0.3, -0.25) is 4.79 Å². The Morgan fingerprint density at radius 2 is 2.16 bits per heavy atom. The van der Waals surface area contributed by atoms with Gasteiger partial charge in [0, 0.05) is 5.92 Å². The first-order valence-corrected chi connectivity index (χ1v) is 7.31. The van der Waals surface area contributed by atoms with E-state index in [0.29, 0.717) is 19.3 Å². The van der Waals surface area contributed by atoms with Crippen LogP contribution in [0.3, 0.4) is 0 Å². The highest BCUT2D eigenvalue weighted by atomic mass is 16.4. The van der Waals surface area contributed by atoms with Gasteiger partial charge in [0.1, 0.15) is 0 Å². The van der Waals surface area contributed by atoms with Crippen molar-refractivity contribution in [3.05, 3.63) is 11.6 Å². The number of hydrogen-bond donors (Lipinski definition) is 3. The largest absolute Gasteiger partial charge is 0.481 e. The maximum Gasteiger partial charge on any atom is 0.304 e. The molecule has 3 unspecified atom stereocenters. The molecule has 1 aliphatic rings. The molecule has 3 atom stereocenters. The zero-order valence-electron chi connectivity index (χ0n) is 11.7. The van der Waals surface area contributed by atoms with E-state index in [1.807, 2.05) is 6.08 Å². The van der Waals surface area contributed by atoms with Crippen LogP contribution < -0.4 is 0 Å². The van der Waals surface area contributed by atoms with Crippen LogP contribution in [0.5, 0.6) is 0 Å². The molecule has 0 spiro atoms. The summed E-state index contributed by atoms with van der Waals surface area (Å²) in [7, 11) is 0. The van der Waals surface area contributed by atoms with Crippen molar-refractivity contribution < 1.29 is 20.1 Å². The third-order valence-corrected chi connectivity index (χ3v) is 3.86. The van der Waals surface area contributed by atoms with Gasteiger partial charge in [0.2, 0.25) is 0 Å². The number of aliphatic carboxylic acids is 1. The summed E-state index contributed by atoms with van der Waals surface area (Å²) in [5.74, 6) is -1.14. The SMILES string of the molecule is CCCCCC(O)CCC1=CCC(O)C1CC(=O)O. The van der Waals surface area contributed by atoms with Gasteiger partial charge in [-0.1, -0.05) is 37.8 Å². The third kappa shape index (κ3) is 5.74. The van der Waals surface area contributed by atoms with E-state index in [0.717, 1.165) is 31.3 Å². The van der Waals surface area contributed by atoms with Crippen LogP contribution in [0.4, 0.5) is 0 Å². The van der Waals surface area contributed by atoms with Crippen molar-refractivity contribution in [1.29, 1.82) is 0 Å². The van der Waals surface area contributed by atoms with Crippen LogP contribution >= 0.6 is 0 Å². The summed E-state index contributed by atoms with van der Waals surface area (Å²) in [5.41, 5.74) is 1.00. The Labute approximate surface area is 115 Å². The van der Waals surface area contributed by atoms with E-state index in [-0.39, 0.29) is 18.4 Å². The number of aliphatic hydroxyl groups excluding tert-OH is 2. The number of hydrogen-bond acceptors (Lipinski definition) is 3. The molecule has 3 N–H and O–H groups in total. The summed E-state index contributed by atoms with van der Waals surface area (Å²) in [6.45, 7) is 2.13. The van der Waals surface area contributed by atoms with Crippen molar-refractivity contribution in [3.8, 4) is 0 Å². The van der Waals surface area contributed by atoms with Crippen molar-refractivity contribution in [1.82, 2.24) is 0 Å².